The fourth-order valence-corrected chi connectivity index (χ4v) is 2.16. The zero-order chi connectivity index (χ0) is 10.9. The summed E-state index contributed by atoms with van der Waals surface area (Å²) in [5, 5.41) is 12.6. The monoisotopic (exact) mass is 213 g/mol. The van der Waals surface area contributed by atoms with Crippen molar-refractivity contribution in [1.29, 1.82) is 0 Å². The molecule has 4 heteroatoms. The van der Waals surface area contributed by atoms with Crippen molar-refractivity contribution in [1.82, 2.24) is 5.32 Å². The minimum Gasteiger partial charge on any atom is -0.388 e. The summed E-state index contributed by atoms with van der Waals surface area (Å²) in [6.45, 7) is 2.90. The summed E-state index contributed by atoms with van der Waals surface area (Å²) in [5.74, 6) is 0.00310. The molecular formula is C11H19NO3. The van der Waals surface area contributed by atoms with Crippen molar-refractivity contribution < 1.29 is 14.6 Å². The molecule has 2 atom stereocenters. The van der Waals surface area contributed by atoms with Crippen molar-refractivity contribution in [2.24, 2.45) is 5.92 Å². The molecule has 0 spiro atoms. The van der Waals surface area contributed by atoms with Gasteiger partial charge in [-0.3, -0.25) is 4.79 Å². The fourth-order valence-electron chi connectivity index (χ4n) is 2.16. The number of carbonyl (C=O) groups is 1. The Labute approximate surface area is 90.0 Å². The smallest absolute Gasteiger partial charge is 0.225 e. The van der Waals surface area contributed by atoms with E-state index in [2.05, 4.69) is 5.32 Å². The molecule has 1 saturated carbocycles. The van der Waals surface area contributed by atoms with Crippen molar-refractivity contribution in [2.75, 3.05) is 13.2 Å². The molecule has 15 heavy (non-hydrogen) atoms. The second-order valence-electron chi connectivity index (χ2n) is 4.87. The van der Waals surface area contributed by atoms with Crippen molar-refractivity contribution in [2.45, 2.75) is 44.3 Å². The van der Waals surface area contributed by atoms with Crippen LogP contribution in [0.3, 0.4) is 0 Å². The molecule has 1 saturated heterocycles. The number of rotatable bonds is 3. The molecular weight excluding hydrogens is 194 g/mol. The molecule has 2 unspecified atom stereocenters. The van der Waals surface area contributed by atoms with Crippen LogP contribution in [-0.4, -0.2) is 35.9 Å². The Balaban J connectivity index is 1.72. The maximum absolute atomic E-state index is 11.7. The predicted molar refractivity (Wildman–Crippen MR) is 55.3 cm³/mol. The van der Waals surface area contributed by atoms with Gasteiger partial charge in [0, 0.05) is 6.54 Å². The molecule has 0 bridgehead atoms. The fraction of sp³-hybridized carbons (Fsp3) is 0.909. The van der Waals surface area contributed by atoms with E-state index >= 15 is 0 Å². The van der Waals surface area contributed by atoms with Gasteiger partial charge < -0.3 is 15.2 Å². The van der Waals surface area contributed by atoms with Crippen molar-refractivity contribution in [3.8, 4) is 0 Å². The molecule has 1 heterocycles. The van der Waals surface area contributed by atoms with Crippen LogP contribution in [0.5, 0.6) is 0 Å². The maximum Gasteiger partial charge on any atom is 0.225 e. The van der Waals surface area contributed by atoms with Gasteiger partial charge in [0.25, 0.3) is 0 Å². The third-order valence-electron chi connectivity index (χ3n) is 3.45. The number of amides is 1. The first-order valence-corrected chi connectivity index (χ1v) is 5.71. The minimum atomic E-state index is -0.624. The molecule has 2 fully saturated rings. The summed E-state index contributed by atoms with van der Waals surface area (Å²) in [5.41, 5.74) is -0.624. The van der Waals surface area contributed by atoms with E-state index in [1.807, 2.05) is 6.92 Å². The van der Waals surface area contributed by atoms with Crippen LogP contribution in [0.25, 0.3) is 0 Å². The van der Waals surface area contributed by atoms with Crippen LogP contribution >= 0.6 is 0 Å². The lowest BCUT2D eigenvalue weighted by molar-refractivity contribution is -0.127. The lowest BCUT2D eigenvalue weighted by atomic mass is 9.80. The van der Waals surface area contributed by atoms with E-state index < -0.39 is 5.60 Å². The van der Waals surface area contributed by atoms with Gasteiger partial charge in [-0.2, -0.15) is 0 Å². The van der Waals surface area contributed by atoms with Crippen LogP contribution in [0, 0.1) is 5.92 Å². The van der Waals surface area contributed by atoms with Crippen LogP contribution in [0.2, 0.25) is 0 Å². The third-order valence-corrected chi connectivity index (χ3v) is 3.45. The van der Waals surface area contributed by atoms with E-state index in [4.69, 9.17) is 4.74 Å². The van der Waals surface area contributed by atoms with E-state index in [9.17, 15) is 9.90 Å². The van der Waals surface area contributed by atoms with Crippen LogP contribution in [0.1, 0.15) is 32.6 Å². The SMILES string of the molecule is CC1CC(C(=O)NCC2(O)CCC2)CO1. The number of ether oxygens (including phenoxy) is 1. The van der Waals surface area contributed by atoms with Crippen molar-refractivity contribution >= 4 is 5.91 Å². The average Bonchev–Trinajstić information content (AvgIpc) is 2.58. The quantitative estimate of drug-likeness (QED) is 0.715. The van der Waals surface area contributed by atoms with Gasteiger partial charge in [0.2, 0.25) is 5.91 Å². The summed E-state index contributed by atoms with van der Waals surface area (Å²) in [6, 6.07) is 0. The largest absolute Gasteiger partial charge is 0.388 e. The van der Waals surface area contributed by atoms with E-state index in [1.54, 1.807) is 0 Å². The first kappa shape index (κ1) is 10.9. The standard InChI is InChI=1S/C11H19NO3/c1-8-5-9(6-15-8)10(13)12-7-11(14)3-2-4-11/h8-9,14H,2-7H2,1H3,(H,12,13). The van der Waals surface area contributed by atoms with E-state index in [0.29, 0.717) is 13.2 Å². The molecule has 2 N–H and O–H groups in total. The molecule has 0 aromatic heterocycles. The second kappa shape index (κ2) is 4.10. The van der Waals surface area contributed by atoms with Gasteiger partial charge in [0.15, 0.2) is 0 Å². The first-order chi connectivity index (χ1) is 7.09. The summed E-state index contributed by atoms with van der Waals surface area (Å²) in [4.78, 5) is 11.7. The van der Waals surface area contributed by atoms with E-state index in [0.717, 1.165) is 25.7 Å². The first-order valence-electron chi connectivity index (χ1n) is 5.71. The van der Waals surface area contributed by atoms with Crippen LogP contribution in [0.4, 0.5) is 0 Å². The third kappa shape index (κ3) is 2.49. The molecule has 2 aliphatic rings. The van der Waals surface area contributed by atoms with Gasteiger partial charge in [-0.25, -0.2) is 0 Å². The van der Waals surface area contributed by atoms with Gasteiger partial charge >= 0.3 is 0 Å². The van der Waals surface area contributed by atoms with Gasteiger partial charge in [-0.1, -0.05) is 0 Å². The Morgan fingerprint density at radius 1 is 1.60 bits per heavy atom. The Kier molecular flexibility index (Phi) is 2.98. The highest BCUT2D eigenvalue weighted by Gasteiger charge is 2.36. The van der Waals surface area contributed by atoms with Crippen molar-refractivity contribution in [3.63, 3.8) is 0 Å². The Hall–Kier alpha value is -0.610. The Morgan fingerprint density at radius 2 is 2.33 bits per heavy atom. The summed E-state index contributed by atoms with van der Waals surface area (Å²) < 4.78 is 5.34. The number of aliphatic hydroxyl groups is 1. The number of hydrogen-bond acceptors (Lipinski definition) is 3. The molecule has 86 valence electrons. The lowest BCUT2D eigenvalue weighted by Crippen LogP contribution is -2.49. The topological polar surface area (TPSA) is 58.6 Å². The molecule has 1 amide bonds. The van der Waals surface area contributed by atoms with E-state index in [-0.39, 0.29) is 17.9 Å². The molecule has 1 aliphatic heterocycles. The maximum atomic E-state index is 11.7. The normalized spacial score (nSPS) is 33.5. The Morgan fingerprint density at radius 3 is 2.80 bits per heavy atom. The highest BCUT2D eigenvalue weighted by atomic mass is 16.5. The second-order valence-corrected chi connectivity index (χ2v) is 4.87. The zero-order valence-electron chi connectivity index (χ0n) is 9.16. The summed E-state index contributed by atoms with van der Waals surface area (Å²) in [7, 11) is 0. The van der Waals surface area contributed by atoms with Crippen LogP contribution < -0.4 is 5.32 Å². The predicted octanol–water partition coefficient (Wildman–Crippen LogP) is 0.443. The molecule has 0 aromatic rings. The highest BCUT2D eigenvalue weighted by molar-refractivity contribution is 5.79. The zero-order valence-corrected chi connectivity index (χ0v) is 9.16. The van der Waals surface area contributed by atoms with Gasteiger partial charge in [0.05, 0.1) is 24.2 Å². The molecule has 2 rings (SSSR count). The lowest BCUT2D eigenvalue weighted by Gasteiger charge is -2.36. The number of nitrogens with one attached hydrogen (secondary N) is 1. The number of carbonyl (C=O) groups excluding carboxylic acids is 1. The summed E-state index contributed by atoms with van der Waals surface area (Å²) in [6.07, 6.45) is 3.67. The van der Waals surface area contributed by atoms with E-state index in [1.165, 1.54) is 0 Å². The summed E-state index contributed by atoms with van der Waals surface area (Å²) >= 11 is 0. The van der Waals surface area contributed by atoms with Crippen LogP contribution in [-0.2, 0) is 9.53 Å². The van der Waals surface area contributed by atoms with Crippen LogP contribution in [0.15, 0.2) is 0 Å². The molecule has 1 aliphatic carbocycles. The minimum absolute atomic E-state index is 0.0244. The average molecular weight is 213 g/mol. The van der Waals surface area contributed by atoms with Gasteiger partial charge in [-0.05, 0) is 32.6 Å². The Bertz CT molecular complexity index is 250. The van der Waals surface area contributed by atoms with Gasteiger partial charge in [-0.15, -0.1) is 0 Å². The highest BCUT2D eigenvalue weighted by Crippen LogP contribution is 2.30. The molecule has 0 radical (unpaired) electrons. The molecule has 4 nitrogen and oxygen atoms in total. The number of hydrogen-bond donors (Lipinski definition) is 2. The van der Waals surface area contributed by atoms with Gasteiger partial charge in [0.1, 0.15) is 0 Å². The van der Waals surface area contributed by atoms with Crippen molar-refractivity contribution in [3.05, 3.63) is 0 Å². The molecule has 0 aromatic carbocycles.